The van der Waals surface area contributed by atoms with E-state index in [1.807, 2.05) is 0 Å². The Morgan fingerprint density at radius 1 is 1.05 bits per heavy atom. The number of benzene rings is 1. The van der Waals surface area contributed by atoms with Gasteiger partial charge in [0.05, 0.1) is 4.90 Å². The van der Waals surface area contributed by atoms with E-state index in [2.05, 4.69) is 5.32 Å². The van der Waals surface area contributed by atoms with Crippen LogP contribution in [0.25, 0.3) is 0 Å². The van der Waals surface area contributed by atoms with Gasteiger partial charge in [0.2, 0.25) is 15.7 Å². The third-order valence-electron chi connectivity index (χ3n) is 2.69. The molecule has 2 rings (SSSR count). The van der Waals surface area contributed by atoms with Gasteiger partial charge in [0.15, 0.2) is 11.6 Å². The van der Waals surface area contributed by atoms with Crippen LogP contribution in [0.3, 0.4) is 0 Å². The molecule has 1 aromatic rings. The van der Waals surface area contributed by atoms with Gasteiger partial charge in [-0.15, -0.1) is 0 Å². The van der Waals surface area contributed by atoms with E-state index in [9.17, 15) is 22.8 Å². The third-order valence-corrected chi connectivity index (χ3v) is 4.48. The standard InChI is InChI=1S/C14H11NO5S/c1-9(16)15-10-2-5-12(6-3-10)21(19,20)14-8-11(17)4-7-13(14)18/h2-8H,1H3,(H,15,16). The molecule has 0 unspecified atom stereocenters. The van der Waals surface area contributed by atoms with Crippen LogP contribution in [0.5, 0.6) is 0 Å². The molecular weight excluding hydrogens is 294 g/mol. The molecule has 0 spiro atoms. The minimum Gasteiger partial charge on any atom is -0.326 e. The molecule has 0 bridgehead atoms. The lowest BCUT2D eigenvalue weighted by Gasteiger charge is -2.09. The lowest BCUT2D eigenvalue weighted by molar-refractivity contribution is -0.114. The molecule has 0 aromatic heterocycles. The number of rotatable bonds is 3. The van der Waals surface area contributed by atoms with E-state index in [-0.39, 0.29) is 10.8 Å². The second-order valence-corrected chi connectivity index (χ2v) is 6.24. The highest BCUT2D eigenvalue weighted by Gasteiger charge is 2.28. The average molecular weight is 305 g/mol. The molecule has 21 heavy (non-hydrogen) atoms. The smallest absolute Gasteiger partial charge is 0.221 e. The molecule has 1 aliphatic carbocycles. The maximum Gasteiger partial charge on any atom is 0.221 e. The number of sulfone groups is 1. The largest absolute Gasteiger partial charge is 0.326 e. The Kier molecular flexibility index (Phi) is 3.86. The zero-order chi connectivity index (χ0) is 15.6. The van der Waals surface area contributed by atoms with Crippen molar-refractivity contribution < 1.29 is 22.8 Å². The molecule has 0 fully saturated rings. The first-order chi connectivity index (χ1) is 9.80. The summed E-state index contributed by atoms with van der Waals surface area (Å²) >= 11 is 0. The van der Waals surface area contributed by atoms with E-state index in [0.29, 0.717) is 5.69 Å². The summed E-state index contributed by atoms with van der Waals surface area (Å²) in [6, 6.07) is 5.33. The van der Waals surface area contributed by atoms with Crippen molar-refractivity contribution in [3.63, 3.8) is 0 Å². The highest BCUT2D eigenvalue weighted by molar-refractivity contribution is 7.96. The minimum absolute atomic E-state index is 0.126. The van der Waals surface area contributed by atoms with Crippen LogP contribution in [0.1, 0.15) is 6.92 Å². The van der Waals surface area contributed by atoms with Gasteiger partial charge in [-0.2, -0.15) is 0 Å². The third kappa shape index (κ3) is 3.14. The summed E-state index contributed by atoms with van der Waals surface area (Å²) in [5.74, 6) is -1.57. The topological polar surface area (TPSA) is 97.4 Å². The lowest BCUT2D eigenvalue weighted by Crippen LogP contribution is -2.17. The maximum atomic E-state index is 12.3. The van der Waals surface area contributed by atoms with E-state index in [4.69, 9.17) is 0 Å². The monoisotopic (exact) mass is 305 g/mol. The number of carbonyl (C=O) groups is 3. The molecule has 108 valence electrons. The molecule has 1 aromatic carbocycles. The van der Waals surface area contributed by atoms with Crippen LogP contribution in [0.15, 0.2) is 52.3 Å². The number of amides is 1. The Balaban J connectivity index is 2.38. The van der Waals surface area contributed by atoms with Crippen LogP contribution in [-0.4, -0.2) is 25.9 Å². The first-order valence-corrected chi connectivity index (χ1v) is 7.40. The molecule has 0 atom stereocenters. The van der Waals surface area contributed by atoms with Gasteiger partial charge in [0, 0.05) is 18.7 Å². The molecular formula is C14H11NO5S. The van der Waals surface area contributed by atoms with Gasteiger partial charge in [0.1, 0.15) is 4.91 Å². The zero-order valence-electron chi connectivity index (χ0n) is 11.0. The van der Waals surface area contributed by atoms with Crippen molar-refractivity contribution in [1.82, 2.24) is 0 Å². The Hall–Kier alpha value is -2.54. The van der Waals surface area contributed by atoms with Gasteiger partial charge in [-0.05, 0) is 36.4 Å². The minimum atomic E-state index is -4.06. The molecule has 6 nitrogen and oxygen atoms in total. The highest BCUT2D eigenvalue weighted by Crippen LogP contribution is 2.23. The molecule has 0 radical (unpaired) electrons. The van der Waals surface area contributed by atoms with E-state index in [0.717, 1.165) is 18.2 Å². The Morgan fingerprint density at radius 2 is 1.67 bits per heavy atom. The Bertz CT molecular complexity index is 785. The first-order valence-electron chi connectivity index (χ1n) is 5.91. The quantitative estimate of drug-likeness (QED) is 0.841. The molecule has 1 N–H and O–H groups in total. The second kappa shape index (κ2) is 5.45. The fourth-order valence-corrected chi connectivity index (χ4v) is 3.10. The van der Waals surface area contributed by atoms with Crippen molar-refractivity contribution in [1.29, 1.82) is 0 Å². The lowest BCUT2D eigenvalue weighted by atomic mass is 10.2. The van der Waals surface area contributed by atoms with Crippen LogP contribution < -0.4 is 5.32 Å². The summed E-state index contributed by atoms with van der Waals surface area (Å²) in [4.78, 5) is 33.1. The van der Waals surface area contributed by atoms with Gasteiger partial charge in [-0.1, -0.05) is 0 Å². The molecule has 0 heterocycles. The number of carbonyl (C=O) groups excluding carboxylic acids is 3. The van der Waals surface area contributed by atoms with Crippen molar-refractivity contribution in [2.45, 2.75) is 11.8 Å². The van der Waals surface area contributed by atoms with E-state index >= 15 is 0 Å². The van der Waals surface area contributed by atoms with Gasteiger partial charge < -0.3 is 5.32 Å². The summed E-state index contributed by atoms with van der Waals surface area (Å²) in [5, 5.41) is 2.50. The molecule has 0 saturated carbocycles. The van der Waals surface area contributed by atoms with Crippen LogP contribution in [0.2, 0.25) is 0 Å². The van der Waals surface area contributed by atoms with Crippen LogP contribution in [0.4, 0.5) is 5.69 Å². The molecule has 7 heteroatoms. The number of allylic oxidation sites excluding steroid dienone is 4. The average Bonchev–Trinajstić information content (AvgIpc) is 2.41. The molecule has 1 amide bonds. The Labute approximate surface area is 121 Å². The van der Waals surface area contributed by atoms with E-state index in [1.165, 1.54) is 31.2 Å². The number of nitrogens with one attached hydrogen (secondary N) is 1. The normalized spacial score (nSPS) is 14.8. The fourth-order valence-electron chi connectivity index (χ4n) is 1.75. The predicted octanol–water partition coefficient (Wildman–Crippen LogP) is 1.01. The summed E-state index contributed by atoms with van der Waals surface area (Å²) in [7, 11) is -4.06. The van der Waals surface area contributed by atoms with Crippen molar-refractivity contribution in [2.75, 3.05) is 5.32 Å². The van der Waals surface area contributed by atoms with Crippen LogP contribution in [0, 0.1) is 0 Å². The summed E-state index contributed by atoms with van der Waals surface area (Å²) < 4.78 is 24.6. The van der Waals surface area contributed by atoms with Gasteiger partial charge in [-0.3, -0.25) is 14.4 Å². The van der Waals surface area contributed by atoms with Crippen LogP contribution >= 0.6 is 0 Å². The number of ketones is 2. The van der Waals surface area contributed by atoms with Gasteiger partial charge >= 0.3 is 0 Å². The van der Waals surface area contributed by atoms with Gasteiger partial charge in [-0.25, -0.2) is 8.42 Å². The van der Waals surface area contributed by atoms with Gasteiger partial charge in [0.25, 0.3) is 0 Å². The number of anilines is 1. The summed E-state index contributed by atoms with van der Waals surface area (Å²) in [6.45, 7) is 1.33. The maximum absolute atomic E-state index is 12.3. The summed E-state index contributed by atoms with van der Waals surface area (Å²) in [5.41, 5.74) is 0.432. The van der Waals surface area contributed by atoms with Crippen molar-refractivity contribution in [3.05, 3.63) is 47.4 Å². The first kappa shape index (κ1) is 14.9. The van der Waals surface area contributed by atoms with Crippen molar-refractivity contribution >= 4 is 33.0 Å². The fraction of sp³-hybridized carbons (Fsp3) is 0.0714. The zero-order valence-corrected chi connectivity index (χ0v) is 11.8. The predicted molar refractivity (Wildman–Crippen MR) is 75.2 cm³/mol. The highest BCUT2D eigenvalue weighted by atomic mass is 32.2. The number of hydrogen-bond donors (Lipinski definition) is 1. The van der Waals surface area contributed by atoms with E-state index < -0.39 is 26.3 Å². The Morgan fingerprint density at radius 3 is 2.24 bits per heavy atom. The van der Waals surface area contributed by atoms with Crippen LogP contribution in [-0.2, 0) is 24.2 Å². The summed E-state index contributed by atoms with van der Waals surface area (Å²) in [6.07, 6.45) is 2.75. The SMILES string of the molecule is CC(=O)Nc1ccc(S(=O)(=O)C2=CC(=O)C=CC2=O)cc1. The molecule has 1 aliphatic rings. The number of hydrogen-bond acceptors (Lipinski definition) is 5. The molecule has 0 saturated heterocycles. The van der Waals surface area contributed by atoms with Crippen molar-refractivity contribution in [3.8, 4) is 0 Å². The molecule has 0 aliphatic heterocycles. The second-order valence-electron chi connectivity index (χ2n) is 4.32. The van der Waals surface area contributed by atoms with Crippen molar-refractivity contribution in [2.24, 2.45) is 0 Å². The van der Waals surface area contributed by atoms with E-state index in [1.54, 1.807) is 0 Å².